The Kier molecular flexibility index (Phi) is 9.41. The highest BCUT2D eigenvalue weighted by Crippen LogP contribution is 2.27. The van der Waals surface area contributed by atoms with E-state index in [0.717, 1.165) is 22.0 Å². The van der Waals surface area contributed by atoms with Crippen molar-refractivity contribution in [3.63, 3.8) is 0 Å². The van der Waals surface area contributed by atoms with Gasteiger partial charge in [-0.3, -0.25) is 0 Å². The average Bonchev–Trinajstić information content (AvgIpc) is 2.62. The molecule has 0 radical (unpaired) electrons. The van der Waals surface area contributed by atoms with Crippen LogP contribution in [0.3, 0.4) is 0 Å². The van der Waals surface area contributed by atoms with Crippen molar-refractivity contribution in [3.05, 3.63) is 110 Å². The molecule has 1 rings (SSSR count). The lowest BCUT2D eigenvalue weighted by atomic mass is 10.2. The van der Waals surface area contributed by atoms with Crippen LogP contribution in [0.5, 0.6) is 0 Å². The van der Waals surface area contributed by atoms with E-state index in [0.29, 0.717) is 5.82 Å². The summed E-state index contributed by atoms with van der Waals surface area (Å²) >= 11 is 1.49. The van der Waals surface area contributed by atoms with Gasteiger partial charge in [-0.15, -0.1) is 0 Å². The molecule has 3 N–H and O–H groups in total. The van der Waals surface area contributed by atoms with Gasteiger partial charge in [-0.1, -0.05) is 62.8 Å². The lowest BCUT2D eigenvalue weighted by molar-refractivity contribution is 1.02. The van der Waals surface area contributed by atoms with Gasteiger partial charge in [-0.05, 0) is 49.2 Å². The first-order chi connectivity index (χ1) is 12.1. The first kappa shape index (κ1) is 20.2. The highest BCUT2D eigenvalue weighted by atomic mass is 32.2. The summed E-state index contributed by atoms with van der Waals surface area (Å²) in [5.74, 6) is 0.639. The van der Waals surface area contributed by atoms with Gasteiger partial charge in [-0.2, -0.15) is 0 Å². The van der Waals surface area contributed by atoms with E-state index in [-0.39, 0.29) is 0 Å². The zero-order valence-electron chi connectivity index (χ0n) is 14.6. The van der Waals surface area contributed by atoms with Crippen LogP contribution in [0, 0.1) is 0 Å². The second-order valence-corrected chi connectivity index (χ2v) is 5.72. The van der Waals surface area contributed by atoms with E-state index in [9.17, 15) is 0 Å². The van der Waals surface area contributed by atoms with Crippen molar-refractivity contribution in [2.24, 2.45) is 0 Å². The largest absolute Gasteiger partial charge is 0.342 e. The molecule has 0 amide bonds. The Balaban J connectivity index is 2.81. The van der Waals surface area contributed by atoms with Gasteiger partial charge in [0.25, 0.3) is 0 Å². The fourth-order valence-electron chi connectivity index (χ4n) is 1.79. The van der Waals surface area contributed by atoms with Crippen LogP contribution in [0.2, 0.25) is 0 Å². The molecular weight excluding hydrogens is 326 g/mol. The standard InChI is InChI=1S/C21H25N3S/c1-6-10-14-19(9-4)25-24-21-16-12-11-15-20(21)23-17(5)22-18(8-3)13-7-2/h6-16,22-24H,2-5H2,1H3/b10-6-,18-13+,19-14+. The normalized spacial score (nSPS) is 11.7. The quantitative estimate of drug-likeness (QED) is 0.331. The molecule has 3 nitrogen and oxygen atoms in total. The van der Waals surface area contributed by atoms with Gasteiger partial charge in [0.05, 0.1) is 11.4 Å². The second-order valence-electron chi connectivity index (χ2n) is 4.84. The van der Waals surface area contributed by atoms with Crippen LogP contribution in [0.15, 0.2) is 110 Å². The summed E-state index contributed by atoms with van der Waals surface area (Å²) < 4.78 is 3.33. The van der Waals surface area contributed by atoms with Crippen LogP contribution in [0.4, 0.5) is 11.4 Å². The zero-order chi connectivity index (χ0) is 18.5. The van der Waals surface area contributed by atoms with Crippen molar-refractivity contribution in [1.29, 1.82) is 0 Å². The third-order valence-electron chi connectivity index (χ3n) is 2.96. The number of anilines is 2. The van der Waals surface area contributed by atoms with Crippen LogP contribution >= 0.6 is 11.9 Å². The fraction of sp³-hybridized carbons (Fsp3) is 0.0476. The molecule has 0 aliphatic heterocycles. The van der Waals surface area contributed by atoms with Crippen LogP contribution in [-0.2, 0) is 0 Å². The highest BCUT2D eigenvalue weighted by Gasteiger charge is 2.04. The van der Waals surface area contributed by atoms with Crippen molar-refractivity contribution >= 4 is 23.3 Å². The van der Waals surface area contributed by atoms with E-state index in [4.69, 9.17) is 0 Å². The third-order valence-corrected chi connectivity index (χ3v) is 3.82. The van der Waals surface area contributed by atoms with Gasteiger partial charge >= 0.3 is 0 Å². The third kappa shape index (κ3) is 7.50. The van der Waals surface area contributed by atoms with Crippen LogP contribution in [-0.4, -0.2) is 0 Å². The Morgan fingerprint density at radius 1 is 1.04 bits per heavy atom. The summed E-state index contributed by atoms with van der Waals surface area (Å²) in [4.78, 5) is 1.02. The monoisotopic (exact) mass is 351 g/mol. The molecule has 1 aromatic rings. The van der Waals surface area contributed by atoms with E-state index in [1.807, 2.05) is 61.6 Å². The van der Waals surface area contributed by atoms with E-state index in [1.165, 1.54) is 11.9 Å². The molecule has 0 atom stereocenters. The van der Waals surface area contributed by atoms with Crippen molar-refractivity contribution in [1.82, 2.24) is 5.32 Å². The van der Waals surface area contributed by atoms with Gasteiger partial charge in [0.2, 0.25) is 0 Å². The van der Waals surface area contributed by atoms with Crippen LogP contribution < -0.4 is 15.4 Å². The number of hydrogen-bond acceptors (Lipinski definition) is 4. The molecule has 0 saturated carbocycles. The van der Waals surface area contributed by atoms with Gasteiger partial charge in [0.1, 0.15) is 5.82 Å². The molecule has 0 fully saturated rings. The maximum absolute atomic E-state index is 4.00. The summed E-state index contributed by atoms with van der Waals surface area (Å²) in [5.41, 5.74) is 2.66. The summed E-state index contributed by atoms with van der Waals surface area (Å²) in [6.45, 7) is 17.2. The predicted molar refractivity (Wildman–Crippen MR) is 115 cm³/mol. The lowest BCUT2D eigenvalue weighted by Crippen LogP contribution is -2.17. The molecule has 4 heteroatoms. The maximum Gasteiger partial charge on any atom is 0.100 e. The lowest BCUT2D eigenvalue weighted by Gasteiger charge is -2.16. The number of benzene rings is 1. The van der Waals surface area contributed by atoms with Crippen molar-refractivity contribution in [3.8, 4) is 0 Å². The smallest absolute Gasteiger partial charge is 0.100 e. The maximum atomic E-state index is 4.00. The molecule has 0 aliphatic carbocycles. The summed E-state index contributed by atoms with van der Waals surface area (Å²) in [6, 6.07) is 7.90. The topological polar surface area (TPSA) is 36.1 Å². The SMILES string of the molecule is C=C/C=C(\C=C)NC(=C)Nc1ccccc1NS/C(C=C)=C/C=C\C. The average molecular weight is 352 g/mol. The molecule has 25 heavy (non-hydrogen) atoms. The molecule has 0 aliphatic rings. The Morgan fingerprint density at radius 2 is 1.76 bits per heavy atom. The predicted octanol–water partition coefficient (Wildman–Crippen LogP) is 6.12. The Morgan fingerprint density at radius 3 is 2.36 bits per heavy atom. The van der Waals surface area contributed by atoms with E-state index in [1.54, 1.807) is 12.2 Å². The molecule has 0 bridgehead atoms. The van der Waals surface area contributed by atoms with Crippen LogP contribution in [0.25, 0.3) is 0 Å². The first-order valence-corrected chi connectivity index (χ1v) is 8.61. The number of rotatable bonds is 11. The first-order valence-electron chi connectivity index (χ1n) is 7.80. The van der Waals surface area contributed by atoms with Gasteiger partial charge in [0, 0.05) is 10.6 Å². The Hall–Kier alpha value is -2.85. The molecule has 0 heterocycles. The van der Waals surface area contributed by atoms with Crippen molar-refractivity contribution in [2.45, 2.75) is 6.92 Å². The van der Waals surface area contributed by atoms with Gasteiger partial charge < -0.3 is 15.4 Å². The fourth-order valence-corrected chi connectivity index (χ4v) is 2.42. The van der Waals surface area contributed by atoms with Crippen molar-refractivity contribution < 1.29 is 0 Å². The highest BCUT2D eigenvalue weighted by molar-refractivity contribution is 8.04. The van der Waals surface area contributed by atoms with Crippen LogP contribution in [0.1, 0.15) is 6.92 Å². The molecule has 0 unspecified atom stereocenters. The molecule has 0 saturated heterocycles. The summed E-state index contributed by atoms with van der Waals surface area (Å²) in [5, 5.41) is 6.40. The van der Waals surface area contributed by atoms with E-state index < -0.39 is 0 Å². The molecule has 0 spiro atoms. The number of para-hydroxylation sites is 2. The van der Waals surface area contributed by atoms with Gasteiger partial charge in [-0.25, -0.2) is 0 Å². The molecule has 130 valence electrons. The summed E-state index contributed by atoms with van der Waals surface area (Å²) in [7, 11) is 0. The molecular formula is C21H25N3S. The number of allylic oxidation sites excluding steroid dienone is 7. The molecule has 0 aromatic heterocycles. The van der Waals surface area contributed by atoms with E-state index in [2.05, 4.69) is 41.7 Å². The zero-order valence-corrected chi connectivity index (χ0v) is 15.4. The summed E-state index contributed by atoms with van der Waals surface area (Å²) in [6.07, 6.45) is 13.0. The number of hydrogen-bond donors (Lipinski definition) is 3. The van der Waals surface area contributed by atoms with Crippen molar-refractivity contribution in [2.75, 3.05) is 10.0 Å². The second kappa shape index (κ2) is 11.6. The van der Waals surface area contributed by atoms with E-state index >= 15 is 0 Å². The Bertz CT molecular complexity index is 712. The van der Waals surface area contributed by atoms with Gasteiger partial charge in [0.15, 0.2) is 0 Å². The number of nitrogens with one attached hydrogen (secondary N) is 3. The minimum atomic E-state index is 0.639. The Labute approximate surface area is 155 Å². The minimum absolute atomic E-state index is 0.639. The molecule has 1 aromatic carbocycles. The minimum Gasteiger partial charge on any atom is -0.342 e.